The second-order valence-corrected chi connectivity index (χ2v) is 7.34. The van der Waals surface area contributed by atoms with Crippen molar-refractivity contribution in [3.05, 3.63) is 0 Å². The van der Waals surface area contributed by atoms with Gasteiger partial charge in [-0.2, -0.15) is 0 Å². The molecule has 0 aromatic carbocycles. The summed E-state index contributed by atoms with van der Waals surface area (Å²) in [5, 5.41) is 0. The summed E-state index contributed by atoms with van der Waals surface area (Å²) in [6.45, 7) is 6.83. The molecule has 0 aromatic rings. The molecule has 0 aromatic heterocycles. The number of hydrogen-bond donors (Lipinski definition) is 0. The molecule has 3 aliphatic carbocycles. The second-order valence-electron chi connectivity index (χ2n) is 6.17. The van der Waals surface area contributed by atoms with Crippen LogP contribution in [0.2, 0.25) is 0 Å². The topological polar surface area (TPSA) is 18.5 Å². The van der Waals surface area contributed by atoms with Crippen LogP contribution in [0.3, 0.4) is 0 Å². The molecule has 0 N–H and O–H groups in total. The smallest absolute Gasteiger partial charge is 0.404 e. The van der Waals surface area contributed by atoms with Crippen LogP contribution >= 0.6 is 23.2 Å². The fourth-order valence-corrected chi connectivity index (χ4v) is 4.23. The highest BCUT2D eigenvalue weighted by Gasteiger charge is 2.68. The van der Waals surface area contributed by atoms with Gasteiger partial charge in [-0.15, -0.1) is 23.2 Å². The number of hydrogen-bond acceptors (Lipinski definition) is 2. The van der Waals surface area contributed by atoms with E-state index < -0.39 is 11.9 Å². The van der Waals surface area contributed by atoms with Gasteiger partial charge in [-0.05, 0) is 37.0 Å². The minimum absolute atomic E-state index is 0.175. The van der Waals surface area contributed by atoms with E-state index in [4.69, 9.17) is 32.5 Å². The number of halogens is 2. The van der Waals surface area contributed by atoms with Gasteiger partial charge in [0.25, 0.3) is 0 Å². The molecule has 1 aliphatic heterocycles. The fourth-order valence-electron chi connectivity index (χ4n) is 4.00. The van der Waals surface area contributed by atoms with Crippen LogP contribution in [0.5, 0.6) is 0 Å². The molecule has 2 nitrogen and oxygen atoms in total. The first kappa shape index (κ1) is 11.6. The molecule has 1 saturated heterocycles. The molecular formula is C11H17BCl2O2. The van der Waals surface area contributed by atoms with Crippen molar-refractivity contribution in [2.45, 2.75) is 50.1 Å². The molecule has 5 heteroatoms. The van der Waals surface area contributed by atoms with Crippen LogP contribution in [0.1, 0.15) is 33.6 Å². The monoisotopic (exact) mass is 262 g/mol. The summed E-state index contributed by atoms with van der Waals surface area (Å²) in [6, 6.07) is 0. The lowest BCUT2D eigenvalue weighted by Crippen LogP contribution is -2.65. The summed E-state index contributed by atoms with van der Waals surface area (Å²) in [4.78, 5) is 0. The minimum atomic E-state index is -0.595. The molecule has 4 rings (SSSR count). The molecule has 16 heavy (non-hydrogen) atoms. The summed E-state index contributed by atoms with van der Waals surface area (Å²) in [5.41, 5.74) is 0.183. The quantitative estimate of drug-likeness (QED) is 0.534. The molecule has 0 spiro atoms. The first-order chi connectivity index (χ1) is 7.35. The van der Waals surface area contributed by atoms with Gasteiger partial charge in [0.2, 0.25) is 0 Å². The van der Waals surface area contributed by atoms with Gasteiger partial charge >= 0.3 is 7.12 Å². The van der Waals surface area contributed by atoms with Gasteiger partial charge in [-0.25, -0.2) is 0 Å². The predicted octanol–water partition coefficient (Wildman–Crippen LogP) is 3.06. The van der Waals surface area contributed by atoms with E-state index >= 15 is 0 Å². The normalized spacial score (nSPS) is 49.1. The van der Waals surface area contributed by atoms with Gasteiger partial charge < -0.3 is 9.31 Å². The minimum Gasteiger partial charge on any atom is -0.404 e. The van der Waals surface area contributed by atoms with Gasteiger partial charge in [0.05, 0.1) is 11.7 Å². The third kappa shape index (κ3) is 1.29. The Morgan fingerprint density at radius 2 is 1.94 bits per heavy atom. The van der Waals surface area contributed by atoms with Crippen LogP contribution in [-0.4, -0.2) is 23.6 Å². The van der Waals surface area contributed by atoms with E-state index in [-0.39, 0.29) is 11.7 Å². The molecule has 0 amide bonds. The van der Waals surface area contributed by atoms with Gasteiger partial charge in [0, 0.05) is 0 Å². The first-order valence-corrected chi connectivity index (χ1v) is 6.84. The Balaban J connectivity index is 1.87. The Morgan fingerprint density at radius 1 is 1.25 bits per heavy atom. The van der Waals surface area contributed by atoms with Crippen molar-refractivity contribution in [1.82, 2.24) is 0 Å². The van der Waals surface area contributed by atoms with E-state index in [1.807, 2.05) is 0 Å². The van der Waals surface area contributed by atoms with Crippen molar-refractivity contribution >= 4 is 30.3 Å². The highest BCUT2D eigenvalue weighted by atomic mass is 35.5. The van der Waals surface area contributed by atoms with E-state index in [0.29, 0.717) is 11.3 Å². The largest absolute Gasteiger partial charge is 0.492 e. The highest BCUT2D eigenvalue weighted by molar-refractivity contribution is 6.73. The average molecular weight is 263 g/mol. The van der Waals surface area contributed by atoms with Crippen molar-refractivity contribution in [3.8, 4) is 0 Å². The van der Waals surface area contributed by atoms with Gasteiger partial charge in [-0.1, -0.05) is 13.8 Å². The Labute approximate surface area is 107 Å². The van der Waals surface area contributed by atoms with E-state index in [1.54, 1.807) is 0 Å². The van der Waals surface area contributed by atoms with Gasteiger partial charge in [-0.3, -0.25) is 0 Å². The maximum Gasteiger partial charge on any atom is 0.492 e. The third-order valence-corrected chi connectivity index (χ3v) is 5.59. The van der Waals surface area contributed by atoms with Crippen molar-refractivity contribution in [2.24, 2.45) is 17.3 Å². The van der Waals surface area contributed by atoms with Crippen LogP contribution in [0.25, 0.3) is 0 Å². The zero-order valence-electron chi connectivity index (χ0n) is 9.87. The number of alkyl halides is 2. The fraction of sp³-hybridized carbons (Fsp3) is 1.00. The first-order valence-electron chi connectivity index (χ1n) is 5.97. The Bertz CT molecular complexity index is 323. The Hall–Kier alpha value is 0.565. The summed E-state index contributed by atoms with van der Waals surface area (Å²) in [6.07, 6.45) is 2.51. The average Bonchev–Trinajstić information content (AvgIpc) is 2.54. The highest BCUT2D eigenvalue weighted by Crippen LogP contribution is 2.65. The standard InChI is InChI=1S/C11H17BCl2O2/c1-10(2)6-4-7(10)11(3)8(5-6)15-12(16-11)9(13)14/h6-9H,4-5H2,1-3H3/t6-,7-,8+,11-/m1/s1. The summed E-state index contributed by atoms with van der Waals surface area (Å²) in [5.74, 6) is 1.34. The molecule has 1 heterocycles. The molecule has 4 fully saturated rings. The summed E-state index contributed by atoms with van der Waals surface area (Å²) in [7, 11) is -0.450. The Morgan fingerprint density at radius 3 is 2.50 bits per heavy atom. The Kier molecular flexibility index (Phi) is 2.41. The number of rotatable bonds is 1. The second kappa shape index (κ2) is 3.31. The molecule has 4 atom stereocenters. The lowest BCUT2D eigenvalue weighted by atomic mass is 9.43. The lowest BCUT2D eigenvalue weighted by Gasteiger charge is -2.64. The molecule has 2 bridgehead atoms. The molecular weight excluding hydrogens is 246 g/mol. The maximum absolute atomic E-state index is 6.01. The molecule has 3 saturated carbocycles. The van der Waals surface area contributed by atoms with Crippen molar-refractivity contribution < 1.29 is 9.31 Å². The molecule has 4 aliphatic rings. The van der Waals surface area contributed by atoms with Crippen molar-refractivity contribution in [1.29, 1.82) is 0 Å². The lowest BCUT2D eigenvalue weighted by molar-refractivity contribution is -0.199. The SMILES string of the molecule is CC1(C)[C@H]2C[C@@H]3OB(C(Cl)Cl)O[C@]3(C)[C@@H]1C2. The van der Waals surface area contributed by atoms with Crippen LogP contribution in [0.4, 0.5) is 0 Å². The van der Waals surface area contributed by atoms with Crippen LogP contribution in [0.15, 0.2) is 0 Å². The molecule has 90 valence electrons. The van der Waals surface area contributed by atoms with E-state index in [0.717, 1.165) is 12.3 Å². The van der Waals surface area contributed by atoms with Crippen molar-refractivity contribution in [2.75, 3.05) is 0 Å². The third-order valence-electron chi connectivity index (χ3n) is 5.17. The van der Waals surface area contributed by atoms with Gasteiger partial charge in [0.1, 0.15) is 4.74 Å². The predicted molar refractivity (Wildman–Crippen MR) is 65.6 cm³/mol. The van der Waals surface area contributed by atoms with Crippen LogP contribution < -0.4 is 0 Å². The van der Waals surface area contributed by atoms with Crippen molar-refractivity contribution in [3.63, 3.8) is 0 Å². The van der Waals surface area contributed by atoms with E-state index in [9.17, 15) is 0 Å². The maximum atomic E-state index is 6.01. The van der Waals surface area contributed by atoms with E-state index in [2.05, 4.69) is 20.8 Å². The zero-order chi connectivity index (χ0) is 11.7. The molecule has 0 radical (unpaired) electrons. The van der Waals surface area contributed by atoms with Crippen LogP contribution in [0, 0.1) is 17.3 Å². The summed E-state index contributed by atoms with van der Waals surface area (Å²) >= 11 is 11.7. The van der Waals surface area contributed by atoms with Gasteiger partial charge in [0.15, 0.2) is 0 Å². The zero-order valence-corrected chi connectivity index (χ0v) is 11.4. The van der Waals surface area contributed by atoms with E-state index in [1.165, 1.54) is 6.42 Å². The van der Waals surface area contributed by atoms with Crippen LogP contribution in [-0.2, 0) is 9.31 Å². The molecule has 0 unspecified atom stereocenters. The summed E-state index contributed by atoms with van der Waals surface area (Å²) < 4.78 is 11.3.